The van der Waals surface area contributed by atoms with Crippen LogP contribution in [0.15, 0.2) is 53.3 Å². The number of nitriles is 1. The quantitative estimate of drug-likeness (QED) is 0.735. The predicted molar refractivity (Wildman–Crippen MR) is 87.0 cm³/mol. The Hall–Kier alpha value is -3.19. The molecule has 0 aliphatic carbocycles. The zero-order valence-electron chi connectivity index (χ0n) is 12.0. The molecule has 0 radical (unpaired) electrons. The molecule has 3 rings (SSSR count). The molecule has 0 spiro atoms. The minimum atomic E-state index is -0.244. The van der Waals surface area contributed by atoms with Gasteiger partial charge in [0.15, 0.2) is 5.82 Å². The van der Waals surface area contributed by atoms with Crippen LogP contribution in [0, 0.1) is 18.3 Å². The average Bonchev–Trinajstić information content (AvgIpc) is 2.52. The van der Waals surface area contributed by atoms with Gasteiger partial charge in [-0.1, -0.05) is 42.0 Å². The van der Waals surface area contributed by atoms with Crippen LogP contribution in [0.25, 0.3) is 22.6 Å². The normalized spacial score (nSPS) is 11.4. The Morgan fingerprint density at radius 2 is 2.05 bits per heavy atom. The highest BCUT2D eigenvalue weighted by molar-refractivity contribution is 5.89. The summed E-state index contributed by atoms with van der Waals surface area (Å²) in [4.78, 5) is 19.2. The Bertz CT molecular complexity index is 977. The van der Waals surface area contributed by atoms with E-state index >= 15 is 0 Å². The van der Waals surface area contributed by atoms with Crippen molar-refractivity contribution in [2.24, 2.45) is 0 Å². The summed E-state index contributed by atoms with van der Waals surface area (Å²) in [5.41, 5.74) is 2.66. The Morgan fingerprint density at radius 1 is 1.23 bits per heavy atom. The molecule has 2 aromatic carbocycles. The fourth-order valence-electron chi connectivity index (χ4n) is 2.29. The lowest BCUT2D eigenvalue weighted by Gasteiger charge is -2.02. The van der Waals surface area contributed by atoms with Crippen LogP contribution in [-0.4, -0.2) is 9.97 Å². The van der Waals surface area contributed by atoms with Crippen molar-refractivity contribution in [3.8, 4) is 6.07 Å². The van der Waals surface area contributed by atoms with Crippen LogP contribution in [0.4, 0.5) is 0 Å². The molecule has 0 saturated carbocycles. The van der Waals surface area contributed by atoms with Gasteiger partial charge in [0.2, 0.25) is 0 Å². The molecule has 106 valence electrons. The van der Waals surface area contributed by atoms with Gasteiger partial charge in [-0.25, -0.2) is 4.98 Å². The maximum atomic E-state index is 12.1. The molecule has 0 unspecified atom stereocenters. The van der Waals surface area contributed by atoms with Crippen LogP contribution in [0.2, 0.25) is 0 Å². The number of para-hydroxylation sites is 1. The van der Waals surface area contributed by atoms with Crippen LogP contribution >= 0.6 is 0 Å². The zero-order valence-corrected chi connectivity index (χ0v) is 12.0. The van der Waals surface area contributed by atoms with Crippen LogP contribution in [-0.2, 0) is 0 Å². The SMILES string of the molecule is Cc1cccc(/C=C(/C#N)c2nc3ccccc3c(=O)[nH]2)c1. The average molecular weight is 287 g/mol. The Kier molecular flexibility index (Phi) is 3.55. The predicted octanol–water partition coefficient (Wildman–Crippen LogP) is 3.30. The number of hydrogen-bond acceptors (Lipinski definition) is 3. The highest BCUT2D eigenvalue weighted by Crippen LogP contribution is 2.16. The number of nitrogens with one attached hydrogen (secondary N) is 1. The van der Waals surface area contributed by atoms with Gasteiger partial charge in [0, 0.05) is 0 Å². The number of nitrogens with zero attached hydrogens (tertiary/aromatic N) is 2. The third kappa shape index (κ3) is 2.65. The van der Waals surface area contributed by atoms with Gasteiger partial charge in [-0.2, -0.15) is 5.26 Å². The highest BCUT2D eigenvalue weighted by atomic mass is 16.1. The van der Waals surface area contributed by atoms with Crippen LogP contribution < -0.4 is 5.56 Å². The van der Waals surface area contributed by atoms with E-state index in [1.807, 2.05) is 37.3 Å². The number of fused-ring (bicyclic) bond motifs is 1. The fraction of sp³-hybridized carbons (Fsp3) is 0.0556. The van der Waals surface area contributed by atoms with Crippen molar-refractivity contribution < 1.29 is 0 Å². The van der Waals surface area contributed by atoms with Gasteiger partial charge in [-0.05, 0) is 30.7 Å². The summed E-state index contributed by atoms with van der Waals surface area (Å²) < 4.78 is 0. The van der Waals surface area contributed by atoms with E-state index in [4.69, 9.17) is 0 Å². The number of aromatic nitrogens is 2. The first-order valence-electron chi connectivity index (χ1n) is 6.85. The third-order valence-electron chi connectivity index (χ3n) is 3.34. The van der Waals surface area contributed by atoms with E-state index in [1.165, 1.54) is 0 Å². The molecule has 0 saturated heterocycles. The van der Waals surface area contributed by atoms with E-state index in [-0.39, 0.29) is 11.4 Å². The van der Waals surface area contributed by atoms with Gasteiger partial charge >= 0.3 is 0 Å². The van der Waals surface area contributed by atoms with Gasteiger partial charge in [0.05, 0.1) is 16.5 Å². The van der Waals surface area contributed by atoms with Gasteiger partial charge in [0.25, 0.3) is 5.56 Å². The maximum absolute atomic E-state index is 12.1. The standard InChI is InChI=1S/C18H13N3O/c1-12-5-4-6-13(9-12)10-14(11-19)17-20-16-8-3-2-7-15(16)18(22)21-17/h2-10H,1H3,(H,20,21,22)/b14-10-. The van der Waals surface area contributed by atoms with Crippen molar-refractivity contribution in [1.82, 2.24) is 9.97 Å². The molecule has 0 aliphatic rings. The minimum absolute atomic E-state index is 0.244. The summed E-state index contributed by atoms with van der Waals surface area (Å²) in [7, 11) is 0. The van der Waals surface area contributed by atoms with E-state index < -0.39 is 0 Å². The number of benzene rings is 2. The van der Waals surface area contributed by atoms with Gasteiger partial charge < -0.3 is 4.98 Å². The van der Waals surface area contributed by atoms with Crippen LogP contribution in [0.3, 0.4) is 0 Å². The molecule has 0 aliphatic heterocycles. The third-order valence-corrected chi connectivity index (χ3v) is 3.34. The summed E-state index contributed by atoms with van der Waals surface area (Å²) in [5, 5.41) is 9.91. The molecular formula is C18H13N3O. The van der Waals surface area contributed by atoms with E-state index in [0.717, 1.165) is 11.1 Å². The molecule has 0 bridgehead atoms. The molecule has 1 aromatic heterocycles. The maximum Gasteiger partial charge on any atom is 0.259 e. The second-order valence-corrected chi connectivity index (χ2v) is 5.02. The first-order chi connectivity index (χ1) is 10.7. The molecule has 4 nitrogen and oxygen atoms in total. The van der Waals surface area contributed by atoms with E-state index in [9.17, 15) is 10.1 Å². The zero-order chi connectivity index (χ0) is 15.5. The second kappa shape index (κ2) is 5.66. The summed E-state index contributed by atoms with van der Waals surface area (Å²) in [6.45, 7) is 1.99. The fourth-order valence-corrected chi connectivity index (χ4v) is 2.29. The molecule has 0 amide bonds. The van der Waals surface area contributed by atoms with Crippen molar-refractivity contribution in [2.45, 2.75) is 6.92 Å². The summed E-state index contributed by atoms with van der Waals surface area (Å²) in [5.74, 6) is 0.285. The lowest BCUT2D eigenvalue weighted by atomic mass is 10.1. The molecule has 3 aromatic rings. The molecule has 1 N–H and O–H groups in total. The molecule has 0 fully saturated rings. The molecule has 1 heterocycles. The van der Waals surface area contributed by atoms with E-state index in [0.29, 0.717) is 16.5 Å². The first-order valence-corrected chi connectivity index (χ1v) is 6.85. The molecule has 22 heavy (non-hydrogen) atoms. The summed E-state index contributed by atoms with van der Waals surface area (Å²) >= 11 is 0. The van der Waals surface area contributed by atoms with Crippen molar-refractivity contribution in [3.05, 3.63) is 75.8 Å². The van der Waals surface area contributed by atoms with Crippen molar-refractivity contribution in [2.75, 3.05) is 0 Å². The Balaban J connectivity index is 2.16. The molecular weight excluding hydrogens is 274 g/mol. The Labute approximate surface area is 127 Å². The number of aryl methyl sites for hydroxylation is 1. The van der Waals surface area contributed by atoms with Crippen molar-refractivity contribution in [1.29, 1.82) is 5.26 Å². The minimum Gasteiger partial charge on any atom is -0.305 e. The number of rotatable bonds is 2. The van der Waals surface area contributed by atoms with Crippen LogP contribution in [0.1, 0.15) is 17.0 Å². The lowest BCUT2D eigenvalue weighted by molar-refractivity contribution is 1.13. The van der Waals surface area contributed by atoms with Crippen molar-refractivity contribution in [3.63, 3.8) is 0 Å². The van der Waals surface area contributed by atoms with Crippen molar-refractivity contribution >= 4 is 22.6 Å². The monoisotopic (exact) mass is 287 g/mol. The second-order valence-electron chi connectivity index (χ2n) is 5.02. The summed E-state index contributed by atoms with van der Waals surface area (Å²) in [6, 6.07) is 17.0. The largest absolute Gasteiger partial charge is 0.305 e. The smallest absolute Gasteiger partial charge is 0.259 e. The number of aromatic amines is 1. The highest BCUT2D eigenvalue weighted by Gasteiger charge is 2.08. The van der Waals surface area contributed by atoms with E-state index in [1.54, 1.807) is 24.3 Å². The number of allylic oxidation sites excluding steroid dienone is 1. The molecule has 0 atom stereocenters. The van der Waals surface area contributed by atoms with Gasteiger partial charge in [0.1, 0.15) is 6.07 Å². The molecule has 4 heteroatoms. The van der Waals surface area contributed by atoms with Crippen LogP contribution in [0.5, 0.6) is 0 Å². The lowest BCUT2D eigenvalue weighted by Crippen LogP contribution is -2.11. The number of H-pyrrole nitrogens is 1. The topological polar surface area (TPSA) is 69.5 Å². The first kappa shape index (κ1) is 13.8. The Morgan fingerprint density at radius 3 is 2.82 bits per heavy atom. The van der Waals surface area contributed by atoms with E-state index in [2.05, 4.69) is 16.0 Å². The number of hydrogen-bond donors (Lipinski definition) is 1. The van der Waals surface area contributed by atoms with Gasteiger partial charge in [-0.15, -0.1) is 0 Å². The van der Waals surface area contributed by atoms with Gasteiger partial charge in [-0.3, -0.25) is 4.79 Å². The summed E-state index contributed by atoms with van der Waals surface area (Å²) in [6.07, 6.45) is 1.72.